The van der Waals surface area contributed by atoms with Crippen molar-refractivity contribution in [2.45, 2.75) is 52.7 Å². The molecule has 5 nitrogen and oxygen atoms in total. The third kappa shape index (κ3) is 3.61. The van der Waals surface area contributed by atoms with Gasteiger partial charge in [-0.15, -0.1) is 0 Å². The van der Waals surface area contributed by atoms with E-state index in [4.69, 9.17) is 4.74 Å². The van der Waals surface area contributed by atoms with E-state index < -0.39 is 0 Å². The Balaban J connectivity index is 2.10. The third-order valence-corrected chi connectivity index (χ3v) is 4.54. The molecule has 1 fully saturated rings. The van der Waals surface area contributed by atoms with Gasteiger partial charge in [0.05, 0.1) is 29.0 Å². The lowest BCUT2D eigenvalue weighted by atomic mass is 10.3. The number of ether oxygens (including phenoxy) is 1. The molecule has 1 aromatic rings. The Hall–Kier alpha value is -0.880. The summed E-state index contributed by atoms with van der Waals surface area (Å²) in [6.07, 6.45) is 2.33. The van der Waals surface area contributed by atoms with Gasteiger partial charge in [-0.3, -0.25) is 14.4 Å². The first kappa shape index (κ1) is 15.5. The van der Waals surface area contributed by atoms with Crippen LogP contribution in [0.5, 0.6) is 0 Å². The molecule has 0 bridgehead atoms. The van der Waals surface area contributed by atoms with Gasteiger partial charge in [-0.1, -0.05) is 0 Å². The highest BCUT2D eigenvalue weighted by molar-refractivity contribution is 9.10. The highest BCUT2D eigenvalue weighted by Crippen LogP contribution is 2.30. The van der Waals surface area contributed by atoms with Gasteiger partial charge in [0.2, 0.25) is 0 Å². The molecule has 0 aromatic carbocycles. The van der Waals surface area contributed by atoms with Crippen LogP contribution in [-0.2, 0) is 22.6 Å². The molecule has 0 unspecified atom stereocenters. The highest BCUT2D eigenvalue weighted by Gasteiger charge is 2.32. The molecular weight excluding hydrogens is 322 g/mol. The molecule has 0 atom stereocenters. The number of carbonyl (C=O) groups is 1. The molecule has 1 saturated carbocycles. The normalized spacial score (nSPS) is 14.8. The second-order valence-corrected chi connectivity index (χ2v) is 5.90. The van der Waals surface area contributed by atoms with Crippen molar-refractivity contribution in [1.29, 1.82) is 0 Å². The van der Waals surface area contributed by atoms with Crippen LogP contribution < -0.4 is 0 Å². The van der Waals surface area contributed by atoms with E-state index in [1.54, 1.807) is 0 Å². The van der Waals surface area contributed by atoms with E-state index >= 15 is 0 Å². The molecule has 0 saturated heterocycles. The number of hydrogen-bond acceptors (Lipinski definition) is 4. The van der Waals surface area contributed by atoms with Crippen molar-refractivity contribution in [3.63, 3.8) is 0 Å². The molecule has 1 heterocycles. The van der Waals surface area contributed by atoms with Crippen molar-refractivity contribution < 1.29 is 9.53 Å². The van der Waals surface area contributed by atoms with E-state index in [9.17, 15) is 4.79 Å². The number of esters is 1. The van der Waals surface area contributed by atoms with Crippen molar-refractivity contribution in [2.24, 2.45) is 0 Å². The van der Waals surface area contributed by atoms with E-state index in [0.717, 1.165) is 41.8 Å². The van der Waals surface area contributed by atoms with Gasteiger partial charge in [0.25, 0.3) is 0 Å². The van der Waals surface area contributed by atoms with Crippen molar-refractivity contribution in [3.05, 3.63) is 15.9 Å². The van der Waals surface area contributed by atoms with Crippen LogP contribution in [0.2, 0.25) is 0 Å². The minimum atomic E-state index is -0.144. The smallest absolute Gasteiger partial charge is 0.320 e. The predicted octanol–water partition coefficient (Wildman–Crippen LogP) is 2.50. The predicted molar refractivity (Wildman–Crippen MR) is 80.4 cm³/mol. The monoisotopic (exact) mass is 343 g/mol. The van der Waals surface area contributed by atoms with Crippen LogP contribution in [0, 0.1) is 6.92 Å². The lowest BCUT2D eigenvalue weighted by Gasteiger charge is -2.21. The first-order chi connectivity index (χ1) is 9.56. The van der Waals surface area contributed by atoms with Crippen LogP contribution in [0.3, 0.4) is 0 Å². The molecule has 112 valence electrons. The van der Waals surface area contributed by atoms with Crippen molar-refractivity contribution in [3.8, 4) is 0 Å². The zero-order valence-electron chi connectivity index (χ0n) is 12.4. The number of aromatic nitrogens is 2. The van der Waals surface area contributed by atoms with Crippen molar-refractivity contribution >= 4 is 21.9 Å². The summed E-state index contributed by atoms with van der Waals surface area (Å²) in [7, 11) is 0. The Morgan fingerprint density at radius 3 is 2.75 bits per heavy atom. The Labute approximate surface area is 128 Å². The van der Waals surface area contributed by atoms with Crippen molar-refractivity contribution in [1.82, 2.24) is 14.7 Å². The molecule has 0 radical (unpaired) electrons. The summed E-state index contributed by atoms with van der Waals surface area (Å²) in [5.74, 6) is -0.144. The SMILES string of the molecule is CCOC(=O)CN(Cc1c(Br)c(C)nn1CC)C1CC1. The Kier molecular flexibility index (Phi) is 5.21. The maximum absolute atomic E-state index is 11.7. The minimum Gasteiger partial charge on any atom is -0.465 e. The van der Waals surface area contributed by atoms with Gasteiger partial charge < -0.3 is 4.74 Å². The Bertz CT molecular complexity index is 483. The molecule has 0 spiro atoms. The molecule has 1 aliphatic carbocycles. The first-order valence-electron chi connectivity index (χ1n) is 7.18. The largest absolute Gasteiger partial charge is 0.465 e. The van der Waals surface area contributed by atoms with E-state index in [1.807, 2.05) is 18.5 Å². The number of hydrogen-bond donors (Lipinski definition) is 0. The molecule has 1 aromatic heterocycles. The van der Waals surface area contributed by atoms with Crippen LogP contribution >= 0.6 is 15.9 Å². The van der Waals surface area contributed by atoms with Gasteiger partial charge in [-0.05, 0) is 49.5 Å². The fraction of sp³-hybridized carbons (Fsp3) is 0.714. The fourth-order valence-electron chi connectivity index (χ4n) is 2.34. The molecule has 1 aliphatic rings. The summed E-state index contributed by atoms with van der Waals surface area (Å²) in [6.45, 7) is 8.28. The Morgan fingerprint density at radius 1 is 1.50 bits per heavy atom. The van der Waals surface area contributed by atoms with Crippen LogP contribution in [0.1, 0.15) is 38.1 Å². The topological polar surface area (TPSA) is 47.4 Å². The molecule has 6 heteroatoms. The van der Waals surface area contributed by atoms with Crippen LogP contribution in [0.25, 0.3) is 0 Å². The van der Waals surface area contributed by atoms with Gasteiger partial charge in [-0.25, -0.2) is 0 Å². The fourth-order valence-corrected chi connectivity index (χ4v) is 2.75. The molecule has 20 heavy (non-hydrogen) atoms. The second-order valence-electron chi connectivity index (χ2n) is 5.10. The lowest BCUT2D eigenvalue weighted by Crippen LogP contribution is -2.33. The zero-order valence-corrected chi connectivity index (χ0v) is 13.9. The van der Waals surface area contributed by atoms with Gasteiger partial charge in [0.15, 0.2) is 0 Å². The molecule has 2 rings (SSSR count). The number of halogens is 1. The van der Waals surface area contributed by atoms with Crippen LogP contribution in [-0.4, -0.2) is 39.8 Å². The summed E-state index contributed by atoms with van der Waals surface area (Å²) in [5, 5.41) is 4.50. The van der Waals surface area contributed by atoms with Crippen LogP contribution in [0.4, 0.5) is 0 Å². The number of carbonyl (C=O) groups excluding carboxylic acids is 1. The first-order valence-corrected chi connectivity index (χ1v) is 7.97. The van der Waals surface area contributed by atoms with Gasteiger partial charge >= 0.3 is 5.97 Å². The van der Waals surface area contributed by atoms with E-state index in [1.165, 1.54) is 0 Å². The molecule has 0 N–H and O–H groups in total. The quantitative estimate of drug-likeness (QED) is 0.713. The highest BCUT2D eigenvalue weighted by atomic mass is 79.9. The molecule has 0 amide bonds. The number of nitrogens with zero attached hydrogens (tertiary/aromatic N) is 3. The zero-order chi connectivity index (χ0) is 14.7. The van der Waals surface area contributed by atoms with E-state index in [-0.39, 0.29) is 5.97 Å². The minimum absolute atomic E-state index is 0.144. The molecule has 0 aliphatic heterocycles. The van der Waals surface area contributed by atoms with Crippen molar-refractivity contribution in [2.75, 3.05) is 13.2 Å². The standard InChI is InChI=1S/C14H22BrN3O2/c1-4-18-12(14(15)10(3)16-18)8-17(11-6-7-11)9-13(19)20-5-2/h11H,4-9H2,1-3H3. The summed E-state index contributed by atoms with van der Waals surface area (Å²) >= 11 is 3.61. The summed E-state index contributed by atoms with van der Waals surface area (Å²) in [5.41, 5.74) is 2.13. The van der Waals surface area contributed by atoms with Crippen LogP contribution in [0.15, 0.2) is 4.47 Å². The summed E-state index contributed by atoms with van der Waals surface area (Å²) in [6, 6.07) is 0.506. The lowest BCUT2D eigenvalue weighted by molar-refractivity contribution is -0.144. The number of rotatable bonds is 7. The number of aryl methyl sites for hydroxylation is 2. The van der Waals surface area contributed by atoms with Gasteiger partial charge in [0.1, 0.15) is 0 Å². The van der Waals surface area contributed by atoms with E-state index in [2.05, 4.69) is 32.9 Å². The van der Waals surface area contributed by atoms with Gasteiger partial charge in [-0.2, -0.15) is 5.10 Å². The Morgan fingerprint density at radius 2 is 2.20 bits per heavy atom. The second kappa shape index (κ2) is 6.72. The van der Waals surface area contributed by atoms with Gasteiger partial charge in [0, 0.05) is 19.1 Å². The summed E-state index contributed by atoms with van der Waals surface area (Å²) < 4.78 is 8.12. The molecular formula is C14H22BrN3O2. The maximum atomic E-state index is 11.7. The average Bonchev–Trinajstić information content (AvgIpc) is 3.21. The third-order valence-electron chi connectivity index (χ3n) is 3.51. The maximum Gasteiger partial charge on any atom is 0.320 e. The summed E-state index contributed by atoms with van der Waals surface area (Å²) in [4.78, 5) is 13.9. The van der Waals surface area contributed by atoms with E-state index in [0.29, 0.717) is 19.2 Å². The average molecular weight is 344 g/mol.